The van der Waals surface area contributed by atoms with E-state index in [0.717, 1.165) is 44.8 Å². The van der Waals surface area contributed by atoms with E-state index in [1.165, 1.54) is 0 Å². The van der Waals surface area contributed by atoms with E-state index in [1.807, 2.05) is 56.9 Å². The second-order valence-corrected chi connectivity index (χ2v) is 11.4. The molecule has 0 aliphatic rings. The van der Waals surface area contributed by atoms with E-state index in [0.29, 0.717) is 13.1 Å². The summed E-state index contributed by atoms with van der Waals surface area (Å²) < 4.78 is 62.6. The van der Waals surface area contributed by atoms with Crippen LogP contribution in [0, 0.1) is 27.7 Å². The van der Waals surface area contributed by atoms with Gasteiger partial charge in [-0.2, -0.15) is 16.8 Å². The van der Waals surface area contributed by atoms with E-state index in [-0.39, 0.29) is 24.3 Å². The molecule has 32 heavy (non-hydrogen) atoms. The first kappa shape index (κ1) is 26.1. The van der Waals surface area contributed by atoms with Gasteiger partial charge in [-0.25, -0.2) is 0 Å². The van der Waals surface area contributed by atoms with Crippen molar-refractivity contribution in [3.8, 4) is 11.1 Å². The molecule has 0 aliphatic heterocycles. The fourth-order valence-electron chi connectivity index (χ4n) is 3.97. The van der Waals surface area contributed by atoms with E-state index in [1.54, 1.807) is 0 Å². The van der Waals surface area contributed by atoms with Gasteiger partial charge in [0, 0.05) is 24.5 Å². The summed E-state index contributed by atoms with van der Waals surface area (Å²) in [7, 11) is -8.19. The molecule has 0 atom stereocenters. The van der Waals surface area contributed by atoms with Crippen molar-refractivity contribution in [1.82, 2.24) is 0 Å². The lowest BCUT2D eigenvalue weighted by molar-refractivity contribution is 0.480. The van der Waals surface area contributed by atoms with Crippen LogP contribution in [0.25, 0.3) is 11.1 Å². The lowest BCUT2D eigenvalue weighted by Crippen LogP contribution is -2.29. The first-order chi connectivity index (χ1) is 14.7. The maximum Gasteiger partial charge on any atom is 0.264 e. The Morgan fingerprint density at radius 1 is 0.719 bits per heavy atom. The Kier molecular flexibility index (Phi) is 8.33. The number of benzene rings is 2. The Morgan fingerprint density at radius 2 is 1.06 bits per heavy atom. The molecule has 4 N–H and O–H groups in total. The molecule has 0 aromatic heterocycles. The van der Waals surface area contributed by atoms with Gasteiger partial charge in [0.1, 0.15) is 0 Å². The maximum atomic E-state index is 11.1. The highest BCUT2D eigenvalue weighted by atomic mass is 32.2. The SMILES string of the molecule is Cc1cc(-c2cc(C)c(N(CCCS(=O)(=O)O)CCCS(=O)(=O)O)c(C)c2)cc(C)c1N. The van der Waals surface area contributed by atoms with Gasteiger partial charge >= 0.3 is 0 Å². The predicted molar refractivity (Wildman–Crippen MR) is 130 cm³/mol. The highest BCUT2D eigenvalue weighted by molar-refractivity contribution is 7.86. The zero-order valence-electron chi connectivity index (χ0n) is 18.9. The quantitative estimate of drug-likeness (QED) is 0.344. The van der Waals surface area contributed by atoms with Gasteiger partial charge in [0.05, 0.1) is 11.5 Å². The first-order valence-electron chi connectivity index (χ1n) is 10.3. The third kappa shape index (κ3) is 7.47. The summed E-state index contributed by atoms with van der Waals surface area (Å²) >= 11 is 0. The summed E-state index contributed by atoms with van der Waals surface area (Å²) in [5, 5.41) is 0. The molecule has 8 nitrogen and oxygen atoms in total. The number of aryl methyl sites for hydroxylation is 4. The second kappa shape index (κ2) is 10.2. The van der Waals surface area contributed by atoms with Gasteiger partial charge in [-0.05, 0) is 98.2 Å². The molecule has 0 heterocycles. The summed E-state index contributed by atoms with van der Waals surface area (Å²) in [6.07, 6.45) is 0.364. The number of nitrogens with zero attached hydrogens (tertiary/aromatic N) is 1. The van der Waals surface area contributed by atoms with Crippen LogP contribution in [0.5, 0.6) is 0 Å². The van der Waals surface area contributed by atoms with Crippen molar-refractivity contribution in [2.45, 2.75) is 40.5 Å². The molecule has 178 valence electrons. The molecule has 2 aromatic rings. The highest BCUT2D eigenvalue weighted by Gasteiger charge is 2.17. The third-order valence-corrected chi connectivity index (χ3v) is 7.00. The molecule has 0 saturated carbocycles. The Hall–Kier alpha value is -2.14. The summed E-state index contributed by atoms with van der Waals surface area (Å²) in [5.74, 6) is -0.774. The molecule has 10 heteroatoms. The minimum atomic E-state index is -4.09. The van der Waals surface area contributed by atoms with E-state index in [4.69, 9.17) is 14.8 Å². The van der Waals surface area contributed by atoms with Gasteiger partial charge in [0.25, 0.3) is 20.2 Å². The van der Waals surface area contributed by atoms with Crippen LogP contribution in [0.3, 0.4) is 0 Å². The molecule has 0 amide bonds. The largest absolute Gasteiger partial charge is 0.398 e. The van der Waals surface area contributed by atoms with Crippen LogP contribution in [0.4, 0.5) is 11.4 Å². The van der Waals surface area contributed by atoms with Gasteiger partial charge in [-0.15, -0.1) is 0 Å². The van der Waals surface area contributed by atoms with Crippen LogP contribution in [-0.2, 0) is 20.2 Å². The molecule has 0 spiro atoms. The van der Waals surface area contributed by atoms with Crippen molar-refractivity contribution in [3.63, 3.8) is 0 Å². The fourth-order valence-corrected chi connectivity index (χ4v) is 4.96. The average molecular weight is 485 g/mol. The molecule has 0 aliphatic carbocycles. The van der Waals surface area contributed by atoms with Crippen LogP contribution >= 0.6 is 0 Å². The summed E-state index contributed by atoms with van der Waals surface area (Å²) in [6, 6.07) is 8.13. The van der Waals surface area contributed by atoms with Crippen LogP contribution in [0.15, 0.2) is 24.3 Å². The van der Waals surface area contributed by atoms with Crippen LogP contribution in [-0.4, -0.2) is 50.5 Å². The molecule has 0 radical (unpaired) electrons. The van der Waals surface area contributed by atoms with Crippen molar-refractivity contribution in [2.24, 2.45) is 0 Å². The van der Waals surface area contributed by atoms with E-state index < -0.39 is 20.2 Å². The first-order valence-corrected chi connectivity index (χ1v) is 13.5. The second-order valence-electron chi connectivity index (χ2n) is 8.25. The smallest absolute Gasteiger partial charge is 0.264 e. The molecular formula is C22H32N2O6S2. The van der Waals surface area contributed by atoms with Crippen molar-refractivity contribution in [3.05, 3.63) is 46.5 Å². The van der Waals surface area contributed by atoms with Crippen LogP contribution in [0.1, 0.15) is 35.1 Å². The van der Waals surface area contributed by atoms with Crippen molar-refractivity contribution < 1.29 is 25.9 Å². The number of nitrogens with two attached hydrogens (primary N) is 1. The number of hydrogen-bond acceptors (Lipinski definition) is 6. The molecule has 0 unspecified atom stereocenters. The van der Waals surface area contributed by atoms with Gasteiger partial charge < -0.3 is 10.6 Å². The van der Waals surface area contributed by atoms with Crippen molar-refractivity contribution in [2.75, 3.05) is 35.2 Å². The van der Waals surface area contributed by atoms with E-state index in [9.17, 15) is 16.8 Å². The Labute approximate surface area is 190 Å². The minimum absolute atomic E-state index is 0.182. The predicted octanol–water partition coefficient (Wildman–Crippen LogP) is 3.53. The van der Waals surface area contributed by atoms with Gasteiger partial charge in [0.15, 0.2) is 0 Å². The van der Waals surface area contributed by atoms with Gasteiger partial charge in [-0.3, -0.25) is 9.11 Å². The summed E-state index contributed by atoms with van der Waals surface area (Å²) in [4.78, 5) is 1.91. The Balaban J connectivity index is 2.39. The van der Waals surface area contributed by atoms with E-state index in [2.05, 4.69) is 0 Å². The van der Waals surface area contributed by atoms with Crippen LogP contribution < -0.4 is 10.6 Å². The number of nitrogen functional groups attached to an aromatic ring is 1. The minimum Gasteiger partial charge on any atom is -0.398 e. The molecular weight excluding hydrogens is 452 g/mol. The number of hydrogen-bond donors (Lipinski definition) is 3. The fraction of sp³-hybridized carbons (Fsp3) is 0.455. The third-order valence-electron chi connectivity index (χ3n) is 5.39. The lowest BCUT2D eigenvalue weighted by atomic mass is 9.95. The summed E-state index contributed by atoms with van der Waals surface area (Å²) in [5.41, 5.74) is 13.7. The van der Waals surface area contributed by atoms with Gasteiger partial charge in [0.2, 0.25) is 0 Å². The Morgan fingerprint density at radius 3 is 1.41 bits per heavy atom. The topological polar surface area (TPSA) is 138 Å². The Bertz CT molecular complexity index is 1110. The van der Waals surface area contributed by atoms with Crippen molar-refractivity contribution >= 4 is 31.6 Å². The average Bonchev–Trinajstić information content (AvgIpc) is 2.62. The number of anilines is 2. The zero-order chi connectivity index (χ0) is 24.3. The van der Waals surface area contributed by atoms with Crippen LogP contribution in [0.2, 0.25) is 0 Å². The molecule has 2 rings (SSSR count). The zero-order valence-corrected chi connectivity index (χ0v) is 20.6. The number of rotatable bonds is 10. The van der Waals surface area contributed by atoms with Crippen molar-refractivity contribution in [1.29, 1.82) is 0 Å². The highest BCUT2D eigenvalue weighted by Crippen LogP contribution is 2.33. The molecule has 0 fully saturated rings. The molecule has 0 saturated heterocycles. The molecule has 2 aromatic carbocycles. The standard InChI is InChI=1S/C22H32N2O6S2/c1-15-11-19(12-16(2)21(15)23)20-13-17(3)22(18(4)14-20)24(7-5-9-31(25,26)27)8-6-10-32(28,29)30/h11-14H,5-10,23H2,1-4H3,(H,25,26,27)(H,28,29,30). The monoisotopic (exact) mass is 484 g/mol. The van der Waals surface area contributed by atoms with E-state index >= 15 is 0 Å². The lowest BCUT2D eigenvalue weighted by Gasteiger charge is -2.29. The van der Waals surface area contributed by atoms with Gasteiger partial charge in [-0.1, -0.05) is 0 Å². The maximum absolute atomic E-state index is 11.1. The normalized spacial score (nSPS) is 12.2. The summed E-state index contributed by atoms with van der Waals surface area (Å²) in [6.45, 7) is 8.44. The molecule has 0 bridgehead atoms.